The molecule has 1 aromatic rings. The zero-order chi connectivity index (χ0) is 14.4. The fourth-order valence-corrected chi connectivity index (χ4v) is 2.33. The number of ether oxygens (including phenoxy) is 1. The van der Waals surface area contributed by atoms with Crippen LogP contribution in [0.25, 0.3) is 0 Å². The molecule has 110 valence electrons. The first-order valence-electron chi connectivity index (χ1n) is 7.15. The number of nitrogens with zero attached hydrogens (tertiary/aromatic N) is 3. The fourth-order valence-electron chi connectivity index (χ4n) is 2.33. The molecule has 3 rings (SSSR count). The zero-order valence-electron chi connectivity index (χ0n) is 12.3. The molecule has 0 bridgehead atoms. The van der Waals surface area contributed by atoms with Gasteiger partial charge in [-0.25, -0.2) is 0 Å². The van der Waals surface area contributed by atoms with Crippen molar-refractivity contribution in [3.8, 4) is 0 Å². The SMILES string of the molecule is C1CCOC1.Cc1ccc2c(n1)CN(C)CCN2C=O. The highest BCUT2D eigenvalue weighted by atomic mass is 16.5. The molecular formula is C15H23N3O2. The minimum atomic E-state index is 0.734. The summed E-state index contributed by atoms with van der Waals surface area (Å²) >= 11 is 0. The molecule has 1 fully saturated rings. The van der Waals surface area contributed by atoms with Gasteiger partial charge in [0.2, 0.25) is 6.41 Å². The van der Waals surface area contributed by atoms with E-state index in [9.17, 15) is 4.79 Å². The fraction of sp³-hybridized carbons (Fsp3) is 0.600. The van der Waals surface area contributed by atoms with Gasteiger partial charge in [-0.1, -0.05) is 0 Å². The predicted molar refractivity (Wildman–Crippen MR) is 78.8 cm³/mol. The van der Waals surface area contributed by atoms with E-state index in [1.165, 1.54) is 12.8 Å². The minimum Gasteiger partial charge on any atom is -0.381 e. The van der Waals surface area contributed by atoms with E-state index in [0.29, 0.717) is 0 Å². The summed E-state index contributed by atoms with van der Waals surface area (Å²) in [6.07, 6.45) is 3.44. The Morgan fingerprint density at radius 1 is 1.25 bits per heavy atom. The molecule has 0 unspecified atom stereocenters. The van der Waals surface area contributed by atoms with Crippen LogP contribution in [-0.2, 0) is 16.1 Å². The lowest BCUT2D eigenvalue weighted by atomic mass is 10.2. The predicted octanol–water partition coefficient (Wildman–Crippen LogP) is 1.60. The van der Waals surface area contributed by atoms with Crippen molar-refractivity contribution in [1.29, 1.82) is 0 Å². The van der Waals surface area contributed by atoms with Crippen molar-refractivity contribution in [2.75, 3.05) is 38.3 Å². The smallest absolute Gasteiger partial charge is 0.214 e. The third kappa shape index (κ3) is 4.02. The Balaban J connectivity index is 0.000000247. The Morgan fingerprint density at radius 3 is 2.60 bits per heavy atom. The van der Waals surface area contributed by atoms with Crippen LogP contribution in [-0.4, -0.2) is 49.6 Å². The average Bonchev–Trinajstić information content (AvgIpc) is 2.96. The number of hydrogen-bond donors (Lipinski definition) is 0. The number of likely N-dealkylation sites (N-methyl/N-ethyl adjacent to an activating group) is 1. The zero-order valence-corrected chi connectivity index (χ0v) is 12.3. The van der Waals surface area contributed by atoms with Gasteiger partial charge < -0.3 is 9.64 Å². The van der Waals surface area contributed by atoms with Crippen LogP contribution in [0.1, 0.15) is 24.2 Å². The molecule has 0 saturated carbocycles. The summed E-state index contributed by atoms with van der Waals surface area (Å²) in [6.45, 7) is 6.39. The van der Waals surface area contributed by atoms with Crippen molar-refractivity contribution in [1.82, 2.24) is 9.88 Å². The largest absolute Gasteiger partial charge is 0.381 e. The number of aryl methyl sites for hydroxylation is 1. The number of aromatic nitrogens is 1. The van der Waals surface area contributed by atoms with Crippen LogP contribution in [0.3, 0.4) is 0 Å². The molecule has 3 heterocycles. The first-order chi connectivity index (χ1) is 9.70. The lowest BCUT2D eigenvalue weighted by Crippen LogP contribution is -2.28. The van der Waals surface area contributed by atoms with E-state index in [0.717, 1.165) is 56.3 Å². The van der Waals surface area contributed by atoms with Gasteiger partial charge in [-0.15, -0.1) is 0 Å². The second kappa shape index (κ2) is 7.36. The van der Waals surface area contributed by atoms with Crippen LogP contribution in [0.2, 0.25) is 0 Å². The highest BCUT2D eigenvalue weighted by Crippen LogP contribution is 2.21. The topological polar surface area (TPSA) is 45.7 Å². The quantitative estimate of drug-likeness (QED) is 0.731. The van der Waals surface area contributed by atoms with Crippen molar-refractivity contribution < 1.29 is 9.53 Å². The molecule has 20 heavy (non-hydrogen) atoms. The summed E-state index contributed by atoms with van der Waals surface area (Å²) in [5.74, 6) is 0. The summed E-state index contributed by atoms with van der Waals surface area (Å²) in [5, 5.41) is 0. The van der Waals surface area contributed by atoms with Gasteiger partial charge in [0.1, 0.15) is 0 Å². The van der Waals surface area contributed by atoms with E-state index in [4.69, 9.17) is 4.74 Å². The number of hydrogen-bond acceptors (Lipinski definition) is 4. The van der Waals surface area contributed by atoms with Crippen molar-refractivity contribution in [3.05, 3.63) is 23.5 Å². The van der Waals surface area contributed by atoms with Crippen molar-refractivity contribution in [2.45, 2.75) is 26.3 Å². The molecule has 1 amide bonds. The maximum absolute atomic E-state index is 10.9. The van der Waals surface area contributed by atoms with Crippen LogP contribution in [0.5, 0.6) is 0 Å². The van der Waals surface area contributed by atoms with Gasteiger partial charge in [0.05, 0.1) is 11.4 Å². The number of rotatable bonds is 1. The van der Waals surface area contributed by atoms with Crippen molar-refractivity contribution in [3.63, 3.8) is 0 Å². The Bertz CT molecular complexity index is 439. The molecule has 1 aromatic heterocycles. The summed E-state index contributed by atoms with van der Waals surface area (Å²) < 4.78 is 4.94. The maximum Gasteiger partial charge on any atom is 0.214 e. The van der Waals surface area contributed by atoms with E-state index in [1.54, 1.807) is 4.90 Å². The van der Waals surface area contributed by atoms with Gasteiger partial charge in [0.25, 0.3) is 0 Å². The van der Waals surface area contributed by atoms with Gasteiger partial charge in [-0.05, 0) is 38.9 Å². The molecule has 2 aliphatic heterocycles. The Hall–Kier alpha value is -1.46. The summed E-state index contributed by atoms with van der Waals surface area (Å²) in [7, 11) is 2.04. The molecule has 5 heteroatoms. The monoisotopic (exact) mass is 277 g/mol. The summed E-state index contributed by atoms with van der Waals surface area (Å²) in [6, 6.07) is 3.92. The van der Waals surface area contributed by atoms with Gasteiger partial charge in [-0.2, -0.15) is 0 Å². The number of carbonyl (C=O) groups is 1. The van der Waals surface area contributed by atoms with Crippen molar-refractivity contribution in [2.24, 2.45) is 0 Å². The third-order valence-corrected chi connectivity index (χ3v) is 3.50. The molecule has 0 aliphatic carbocycles. The van der Waals surface area contributed by atoms with Crippen LogP contribution in [0, 0.1) is 6.92 Å². The molecule has 0 spiro atoms. The number of amides is 1. The van der Waals surface area contributed by atoms with Crippen LogP contribution in [0.15, 0.2) is 12.1 Å². The van der Waals surface area contributed by atoms with E-state index < -0.39 is 0 Å². The minimum absolute atomic E-state index is 0.734. The third-order valence-electron chi connectivity index (χ3n) is 3.50. The molecule has 0 aromatic carbocycles. The number of anilines is 1. The standard InChI is InChI=1S/C11H15N3O.C4H8O/c1-9-3-4-11-10(12-9)7-13(2)5-6-14(11)8-15;1-2-4-5-3-1/h3-4,8H,5-7H2,1-2H3;1-4H2. The van der Waals surface area contributed by atoms with Gasteiger partial charge in [-0.3, -0.25) is 14.7 Å². The van der Waals surface area contributed by atoms with E-state index in [2.05, 4.69) is 9.88 Å². The van der Waals surface area contributed by atoms with Gasteiger partial charge in [0, 0.05) is 38.5 Å². The van der Waals surface area contributed by atoms with E-state index >= 15 is 0 Å². The number of pyridine rings is 1. The van der Waals surface area contributed by atoms with Crippen LogP contribution in [0.4, 0.5) is 5.69 Å². The number of fused-ring (bicyclic) bond motifs is 1. The molecule has 0 radical (unpaired) electrons. The van der Waals surface area contributed by atoms with E-state index in [1.807, 2.05) is 26.1 Å². The molecule has 0 N–H and O–H groups in total. The molecular weight excluding hydrogens is 254 g/mol. The second-order valence-corrected chi connectivity index (χ2v) is 5.27. The maximum atomic E-state index is 10.9. The second-order valence-electron chi connectivity index (χ2n) is 5.27. The Labute approximate surface area is 120 Å². The van der Waals surface area contributed by atoms with E-state index in [-0.39, 0.29) is 0 Å². The average molecular weight is 277 g/mol. The first-order valence-corrected chi connectivity index (χ1v) is 7.15. The molecule has 0 atom stereocenters. The molecule has 5 nitrogen and oxygen atoms in total. The molecule has 1 saturated heterocycles. The first kappa shape index (κ1) is 14.9. The summed E-state index contributed by atoms with van der Waals surface area (Å²) in [4.78, 5) is 19.3. The van der Waals surface area contributed by atoms with Crippen molar-refractivity contribution >= 4 is 12.1 Å². The Kier molecular flexibility index (Phi) is 5.49. The number of carbonyl (C=O) groups excluding carboxylic acids is 1. The summed E-state index contributed by atoms with van der Waals surface area (Å²) in [5.41, 5.74) is 2.93. The van der Waals surface area contributed by atoms with Crippen LogP contribution < -0.4 is 4.90 Å². The van der Waals surface area contributed by atoms with Gasteiger partial charge in [0.15, 0.2) is 0 Å². The normalized spacial score (nSPS) is 18.8. The lowest BCUT2D eigenvalue weighted by Gasteiger charge is -2.16. The Morgan fingerprint density at radius 2 is 2.00 bits per heavy atom. The highest BCUT2D eigenvalue weighted by molar-refractivity contribution is 5.76. The van der Waals surface area contributed by atoms with Crippen LogP contribution >= 0.6 is 0 Å². The highest BCUT2D eigenvalue weighted by Gasteiger charge is 2.18. The molecule has 2 aliphatic rings. The lowest BCUT2D eigenvalue weighted by molar-refractivity contribution is -0.107. The van der Waals surface area contributed by atoms with Gasteiger partial charge >= 0.3 is 0 Å².